The van der Waals surface area contributed by atoms with Gasteiger partial charge in [-0.3, -0.25) is 4.79 Å². The number of benzene rings is 2. The number of aryl methyl sites for hydroxylation is 2. The lowest BCUT2D eigenvalue weighted by Gasteiger charge is -2.14. The Kier molecular flexibility index (Phi) is 5.52. The lowest BCUT2D eigenvalue weighted by Crippen LogP contribution is -2.21. The van der Waals surface area contributed by atoms with Crippen molar-refractivity contribution in [1.29, 1.82) is 0 Å². The molecular formula is C19H16Cl2N2O4S. The molecule has 0 saturated heterocycles. The van der Waals surface area contributed by atoms with Crippen molar-refractivity contribution in [2.45, 2.75) is 25.7 Å². The fourth-order valence-electron chi connectivity index (χ4n) is 2.56. The maximum Gasteiger partial charge on any atom is 0.339 e. The van der Waals surface area contributed by atoms with Gasteiger partial charge in [-0.25, -0.2) is 0 Å². The number of aromatic nitrogens is 2. The van der Waals surface area contributed by atoms with Gasteiger partial charge in [-0.2, -0.15) is 18.2 Å². The minimum atomic E-state index is -4.05. The number of hydrogen-bond donors (Lipinski definition) is 0. The van der Waals surface area contributed by atoms with Crippen LogP contribution in [0.15, 0.2) is 52.3 Å². The molecule has 6 nitrogen and oxygen atoms in total. The second-order valence-corrected chi connectivity index (χ2v) is 8.54. The van der Waals surface area contributed by atoms with Crippen molar-refractivity contribution >= 4 is 33.3 Å². The maximum absolute atomic E-state index is 12.7. The Labute approximate surface area is 172 Å². The van der Waals surface area contributed by atoms with Gasteiger partial charge in [-0.15, -0.1) is 0 Å². The highest BCUT2D eigenvalue weighted by molar-refractivity contribution is 7.87. The van der Waals surface area contributed by atoms with E-state index in [1.54, 1.807) is 19.9 Å². The molecule has 0 amide bonds. The summed E-state index contributed by atoms with van der Waals surface area (Å²) in [4.78, 5) is 12.1. The van der Waals surface area contributed by atoms with E-state index in [9.17, 15) is 13.2 Å². The van der Waals surface area contributed by atoms with Crippen molar-refractivity contribution in [2.75, 3.05) is 0 Å². The van der Waals surface area contributed by atoms with Crippen molar-refractivity contribution in [3.05, 3.63) is 79.7 Å². The smallest absolute Gasteiger partial charge is 0.339 e. The number of hydrogen-bond acceptors (Lipinski definition) is 5. The van der Waals surface area contributed by atoms with Crippen molar-refractivity contribution in [3.8, 4) is 11.4 Å². The Morgan fingerprint density at radius 1 is 0.964 bits per heavy atom. The first-order valence-corrected chi connectivity index (χ1v) is 10.3. The highest BCUT2D eigenvalue weighted by atomic mass is 35.5. The lowest BCUT2D eigenvalue weighted by atomic mass is 10.1. The van der Waals surface area contributed by atoms with E-state index in [4.69, 9.17) is 27.4 Å². The Bertz CT molecular complexity index is 1220. The lowest BCUT2D eigenvalue weighted by molar-refractivity contribution is 0.482. The molecule has 1 heterocycles. The summed E-state index contributed by atoms with van der Waals surface area (Å²) in [6.45, 7) is 5.46. The van der Waals surface area contributed by atoms with Crippen molar-refractivity contribution in [3.63, 3.8) is 0 Å². The minimum absolute atomic E-state index is 0.0411. The van der Waals surface area contributed by atoms with Gasteiger partial charge in [0.1, 0.15) is 15.7 Å². The van der Waals surface area contributed by atoms with Crippen LogP contribution in [0.3, 0.4) is 0 Å². The van der Waals surface area contributed by atoms with Crippen LogP contribution in [0.4, 0.5) is 0 Å². The summed E-state index contributed by atoms with van der Waals surface area (Å²) in [7, 11) is -4.05. The molecule has 0 spiro atoms. The van der Waals surface area contributed by atoms with Gasteiger partial charge < -0.3 is 4.18 Å². The van der Waals surface area contributed by atoms with Crippen LogP contribution in [0, 0.1) is 20.8 Å². The van der Waals surface area contributed by atoms with Crippen LogP contribution < -0.4 is 9.74 Å². The van der Waals surface area contributed by atoms with Crippen LogP contribution >= 0.6 is 23.2 Å². The van der Waals surface area contributed by atoms with E-state index in [-0.39, 0.29) is 14.9 Å². The van der Waals surface area contributed by atoms with Crippen LogP contribution in [-0.4, -0.2) is 18.2 Å². The molecular weight excluding hydrogens is 423 g/mol. The topological polar surface area (TPSA) is 78.3 Å². The highest BCUT2D eigenvalue weighted by Crippen LogP contribution is 2.29. The molecule has 3 aromatic rings. The summed E-state index contributed by atoms with van der Waals surface area (Å²) in [5.74, 6) is 0.312. The van der Waals surface area contributed by atoms with Gasteiger partial charge in [0.05, 0.1) is 16.9 Å². The fourth-order valence-corrected chi connectivity index (χ4v) is 3.86. The standard InChI is InChI=1S/C19H16Cl2N2O4S/c1-11-4-5-12(2)18(13(11)3)27-28(25,26)15-8-6-14(7-9-15)23-19(24)17(21)16(20)10-22-23/h4-10H,1-3H3. The van der Waals surface area contributed by atoms with Crippen LogP contribution in [-0.2, 0) is 10.1 Å². The highest BCUT2D eigenvalue weighted by Gasteiger charge is 2.20. The van der Waals surface area contributed by atoms with E-state index in [0.29, 0.717) is 11.4 Å². The van der Waals surface area contributed by atoms with Gasteiger partial charge in [0.25, 0.3) is 5.56 Å². The predicted molar refractivity (Wildman–Crippen MR) is 108 cm³/mol. The summed E-state index contributed by atoms with van der Waals surface area (Å²) in [5.41, 5.74) is 2.13. The number of halogens is 2. The van der Waals surface area contributed by atoms with E-state index in [1.165, 1.54) is 30.5 Å². The first-order valence-electron chi connectivity index (χ1n) is 8.17. The second-order valence-electron chi connectivity index (χ2n) is 6.21. The molecule has 2 aromatic carbocycles. The molecule has 146 valence electrons. The summed E-state index contributed by atoms with van der Waals surface area (Å²) in [6.07, 6.45) is 1.24. The summed E-state index contributed by atoms with van der Waals surface area (Å²) < 4.78 is 31.8. The zero-order chi connectivity index (χ0) is 20.6. The van der Waals surface area contributed by atoms with Gasteiger partial charge in [-0.05, 0) is 61.7 Å². The first kappa shape index (κ1) is 20.4. The van der Waals surface area contributed by atoms with Gasteiger partial charge in [-0.1, -0.05) is 35.3 Å². The molecule has 0 N–H and O–H groups in total. The minimum Gasteiger partial charge on any atom is -0.378 e. The molecule has 0 radical (unpaired) electrons. The Hall–Kier alpha value is -2.35. The fraction of sp³-hybridized carbons (Fsp3) is 0.158. The van der Waals surface area contributed by atoms with Crippen LogP contribution in [0.25, 0.3) is 5.69 Å². The average molecular weight is 439 g/mol. The summed E-state index contributed by atoms with van der Waals surface area (Å²) in [5, 5.41) is 3.78. The molecule has 3 rings (SSSR count). The zero-order valence-electron chi connectivity index (χ0n) is 15.2. The van der Waals surface area contributed by atoms with Gasteiger partial charge in [0.15, 0.2) is 0 Å². The number of nitrogens with zero attached hydrogens (tertiary/aromatic N) is 2. The molecule has 1 aromatic heterocycles. The van der Waals surface area contributed by atoms with Crippen LogP contribution in [0.1, 0.15) is 16.7 Å². The SMILES string of the molecule is Cc1ccc(C)c(OS(=O)(=O)c2ccc(-n3ncc(Cl)c(Cl)c3=O)cc2)c1C. The molecule has 0 aliphatic carbocycles. The molecule has 0 fully saturated rings. The van der Waals surface area contributed by atoms with Crippen LogP contribution in [0.2, 0.25) is 10.0 Å². The summed E-state index contributed by atoms with van der Waals surface area (Å²) in [6, 6.07) is 9.25. The van der Waals surface area contributed by atoms with E-state index < -0.39 is 15.7 Å². The third-order valence-corrected chi connectivity index (χ3v) is 6.30. The van der Waals surface area contributed by atoms with Crippen molar-refractivity contribution in [2.24, 2.45) is 0 Å². The Balaban J connectivity index is 1.97. The van der Waals surface area contributed by atoms with Gasteiger partial charge in [0.2, 0.25) is 0 Å². The van der Waals surface area contributed by atoms with E-state index >= 15 is 0 Å². The molecule has 28 heavy (non-hydrogen) atoms. The van der Waals surface area contributed by atoms with Crippen LogP contribution in [0.5, 0.6) is 5.75 Å². The van der Waals surface area contributed by atoms with E-state index in [2.05, 4.69) is 5.10 Å². The molecule has 0 aliphatic heterocycles. The van der Waals surface area contributed by atoms with Crippen molar-refractivity contribution < 1.29 is 12.6 Å². The Morgan fingerprint density at radius 3 is 2.21 bits per heavy atom. The van der Waals surface area contributed by atoms with E-state index in [0.717, 1.165) is 21.4 Å². The molecule has 0 atom stereocenters. The Morgan fingerprint density at radius 2 is 1.57 bits per heavy atom. The van der Waals surface area contributed by atoms with E-state index in [1.807, 2.05) is 13.0 Å². The molecule has 0 bridgehead atoms. The van der Waals surface area contributed by atoms with Crippen molar-refractivity contribution in [1.82, 2.24) is 9.78 Å². The molecule has 0 unspecified atom stereocenters. The second kappa shape index (κ2) is 7.58. The summed E-state index contributed by atoms with van der Waals surface area (Å²) >= 11 is 11.6. The normalized spacial score (nSPS) is 11.5. The first-order chi connectivity index (χ1) is 13.1. The molecule has 0 saturated carbocycles. The quantitative estimate of drug-likeness (QED) is 0.569. The van der Waals surface area contributed by atoms with Gasteiger partial charge in [0, 0.05) is 0 Å². The third-order valence-electron chi connectivity index (χ3n) is 4.31. The maximum atomic E-state index is 12.7. The molecule has 0 aliphatic rings. The molecule has 9 heteroatoms. The zero-order valence-corrected chi connectivity index (χ0v) is 17.6. The van der Waals surface area contributed by atoms with Gasteiger partial charge >= 0.3 is 10.1 Å². The largest absolute Gasteiger partial charge is 0.378 e. The monoisotopic (exact) mass is 438 g/mol. The third kappa shape index (κ3) is 3.78. The predicted octanol–water partition coefficient (Wildman–Crippen LogP) is 4.23. The number of rotatable bonds is 4. The average Bonchev–Trinajstić information content (AvgIpc) is 2.67.